The number of thiazole rings is 1. The maximum Gasteiger partial charge on any atom is 0.308 e. The summed E-state index contributed by atoms with van der Waals surface area (Å²) in [5.74, 6) is -0.897. The largest absolute Gasteiger partial charge is 0.469 e. The highest BCUT2D eigenvalue weighted by Crippen LogP contribution is 2.32. The van der Waals surface area contributed by atoms with Crippen LogP contribution >= 0.6 is 11.3 Å². The van der Waals surface area contributed by atoms with Crippen molar-refractivity contribution in [2.75, 3.05) is 14.2 Å². The van der Waals surface area contributed by atoms with Gasteiger partial charge in [0.25, 0.3) is 5.91 Å². The number of nitrogens with zero attached hydrogens (tertiary/aromatic N) is 2. The van der Waals surface area contributed by atoms with E-state index in [0.717, 1.165) is 18.4 Å². The smallest absolute Gasteiger partial charge is 0.308 e. The number of hydrogen-bond donors (Lipinski definition) is 1. The molecule has 0 bridgehead atoms. The number of amides is 2. The molecule has 1 aromatic carbocycles. The lowest BCUT2D eigenvalue weighted by molar-refractivity contribution is -0.148. The van der Waals surface area contributed by atoms with Crippen molar-refractivity contribution in [3.63, 3.8) is 0 Å². The molecule has 0 radical (unpaired) electrons. The Morgan fingerprint density at radius 3 is 2.34 bits per heavy atom. The van der Waals surface area contributed by atoms with Gasteiger partial charge in [0, 0.05) is 44.3 Å². The number of methoxy groups -OCH3 is 1. The van der Waals surface area contributed by atoms with Gasteiger partial charge in [-0.25, -0.2) is 4.98 Å². The van der Waals surface area contributed by atoms with Gasteiger partial charge in [-0.2, -0.15) is 0 Å². The van der Waals surface area contributed by atoms with Gasteiger partial charge in [-0.15, -0.1) is 11.3 Å². The molecular formula is C34H49N3O6S. The average molecular weight is 628 g/mol. The van der Waals surface area contributed by atoms with Gasteiger partial charge in [-0.3, -0.25) is 19.2 Å². The fraction of sp³-hybridized carbons (Fsp3) is 0.618. The summed E-state index contributed by atoms with van der Waals surface area (Å²) in [6.07, 6.45) is 6.96. The molecule has 1 heterocycles. The quantitative estimate of drug-likeness (QED) is 0.236. The summed E-state index contributed by atoms with van der Waals surface area (Å²) >= 11 is 1.26. The molecule has 242 valence electrons. The topological polar surface area (TPSA) is 115 Å². The number of hydrogen-bond acceptors (Lipinski definition) is 8. The minimum Gasteiger partial charge on any atom is -0.469 e. The monoisotopic (exact) mass is 627 g/mol. The summed E-state index contributed by atoms with van der Waals surface area (Å²) in [6.45, 7) is 7.25. The standard InChI is InChI=1S/C34H49N3O6S/c1-22(2)29(37(5)31(39)19-26-15-11-8-12-16-26)20-30(43-24(4)38)33-36-28(21-44-33)32(40)35-27(17-23(3)34(41)42-6)18-25-13-9-7-10-14-25/h7,9-10,13-14,21-23,26-27,29-30H,8,11-12,15-20H2,1-6H3,(H,35,40). The van der Waals surface area contributed by atoms with Crippen LogP contribution in [0.25, 0.3) is 0 Å². The number of ether oxygens (including phenoxy) is 2. The summed E-state index contributed by atoms with van der Waals surface area (Å²) in [5, 5.41) is 5.22. The molecule has 0 saturated heterocycles. The fourth-order valence-corrected chi connectivity index (χ4v) is 6.92. The van der Waals surface area contributed by atoms with Crippen LogP contribution in [0.1, 0.15) is 106 Å². The summed E-state index contributed by atoms with van der Waals surface area (Å²) in [4.78, 5) is 57.4. The predicted octanol–water partition coefficient (Wildman–Crippen LogP) is 6.13. The summed E-state index contributed by atoms with van der Waals surface area (Å²) in [6, 6.07) is 9.26. The van der Waals surface area contributed by atoms with E-state index in [1.165, 1.54) is 44.6 Å². The molecule has 2 amide bonds. The number of esters is 2. The molecule has 2 aromatic rings. The highest BCUT2D eigenvalue weighted by atomic mass is 32.1. The highest BCUT2D eigenvalue weighted by molar-refractivity contribution is 7.09. The second kappa shape index (κ2) is 17.3. The van der Waals surface area contributed by atoms with E-state index < -0.39 is 18.0 Å². The number of carbonyl (C=O) groups is 4. The van der Waals surface area contributed by atoms with Crippen LogP contribution in [0.3, 0.4) is 0 Å². The van der Waals surface area contributed by atoms with Gasteiger partial charge in [-0.05, 0) is 43.1 Å². The van der Waals surface area contributed by atoms with Crippen molar-refractivity contribution in [2.45, 2.75) is 104 Å². The van der Waals surface area contributed by atoms with Crippen molar-refractivity contribution in [3.05, 3.63) is 52.0 Å². The summed E-state index contributed by atoms with van der Waals surface area (Å²) < 4.78 is 10.6. The molecule has 1 fully saturated rings. The molecule has 0 aliphatic heterocycles. The van der Waals surface area contributed by atoms with E-state index >= 15 is 0 Å². The van der Waals surface area contributed by atoms with Gasteiger partial charge < -0.3 is 19.7 Å². The Hall–Kier alpha value is -3.27. The Labute approximate surface area is 266 Å². The number of benzene rings is 1. The zero-order valence-electron chi connectivity index (χ0n) is 27.0. The number of nitrogens with one attached hydrogen (secondary N) is 1. The zero-order valence-corrected chi connectivity index (χ0v) is 27.9. The lowest BCUT2D eigenvalue weighted by Gasteiger charge is -2.34. The van der Waals surface area contributed by atoms with E-state index in [0.29, 0.717) is 36.6 Å². The molecule has 9 nitrogen and oxygen atoms in total. The van der Waals surface area contributed by atoms with Gasteiger partial charge in [0.2, 0.25) is 5.91 Å². The third-order valence-corrected chi connectivity index (χ3v) is 9.48. The molecule has 1 saturated carbocycles. The first-order chi connectivity index (χ1) is 21.0. The van der Waals surface area contributed by atoms with Crippen LogP contribution in [-0.2, 0) is 30.3 Å². The fourth-order valence-electron chi connectivity index (χ4n) is 6.08. The van der Waals surface area contributed by atoms with Gasteiger partial charge >= 0.3 is 11.9 Å². The number of carbonyl (C=O) groups excluding carboxylic acids is 4. The second-order valence-corrected chi connectivity index (χ2v) is 13.3. The number of rotatable bonds is 15. The van der Waals surface area contributed by atoms with Crippen LogP contribution in [0.5, 0.6) is 0 Å². The van der Waals surface area contributed by atoms with E-state index in [1.54, 1.807) is 12.3 Å². The lowest BCUT2D eigenvalue weighted by atomic mass is 9.86. The zero-order chi connectivity index (χ0) is 32.2. The second-order valence-electron chi connectivity index (χ2n) is 12.4. The maximum absolute atomic E-state index is 13.4. The van der Waals surface area contributed by atoms with Crippen molar-refractivity contribution in [1.29, 1.82) is 0 Å². The molecule has 4 unspecified atom stereocenters. The van der Waals surface area contributed by atoms with Gasteiger partial charge in [0.05, 0.1) is 13.0 Å². The molecule has 1 aliphatic carbocycles. The van der Waals surface area contributed by atoms with Crippen molar-refractivity contribution < 1.29 is 28.7 Å². The van der Waals surface area contributed by atoms with Crippen LogP contribution in [0.4, 0.5) is 0 Å². The van der Waals surface area contributed by atoms with Gasteiger partial charge in [-0.1, -0.05) is 70.4 Å². The van der Waals surface area contributed by atoms with E-state index in [1.807, 2.05) is 42.3 Å². The minimum absolute atomic E-state index is 0.113. The number of aromatic nitrogens is 1. The van der Waals surface area contributed by atoms with Crippen LogP contribution < -0.4 is 5.32 Å². The molecule has 10 heteroatoms. The molecule has 1 aliphatic rings. The summed E-state index contributed by atoms with van der Waals surface area (Å²) in [5.41, 5.74) is 1.25. The molecule has 44 heavy (non-hydrogen) atoms. The average Bonchev–Trinajstić information content (AvgIpc) is 3.49. The SMILES string of the molecule is COC(=O)C(C)CC(Cc1ccccc1)NC(=O)c1csc(C(CC(C(C)C)N(C)C(=O)CC2CCCCC2)OC(C)=O)n1. The summed E-state index contributed by atoms with van der Waals surface area (Å²) in [7, 11) is 3.19. The first-order valence-corrected chi connectivity index (χ1v) is 16.7. The molecule has 0 spiro atoms. The van der Waals surface area contributed by atoms with Crippen molar-refractivity contribution >= 4 is 35.1 Å². The highest BCUT2D eigenvalue weighted by Gasteiger charge is 2.32. The van der Waals surface area contributed by atoms with Gasteiger partial charge in [0.1, 0.15) is 10.7 Å². The first-order valence-electron chi connectivity index (χ1n) is 15.8. The third kappa shape index (κ3) is 10.7. The van der Waals surface area contributed by atoms with Crippen LogP contribution in [0.15, 0.2) is 35.7 Å². The third-order valence-electron chi connectivity index (χ3n) is 8.54. The van der Waals surface area contributed by atoms with Crippen LogP contribution in [0.2, 0.25) is 0 Å². The molecule has 1 N–H and O–H groups in total. The normalized spacial score (nSPS) is 16.4. The molecule has 3 rings (SSSR count). The first kappa shape index (κ1) is 35.2. The van der Waals surface area contributed by atoms with E-state index in [9.17, 15) is 19.2 Å². The Morgan fingerprint density at radius 2 is 1.73 bits per heavy atom. The van der Waals surface area contributed by atoms with E-state index in [2.05, 4.69) is 24.1 Å². The lowest BCUT2D eigenvalue weighted by Crippen LogP contribution is -2.42. The van der Waals surface area contributed by atoms with Crippen LogP contribution in [0, 0.1) is 17.8 Å². The maximum atomic E-state index is 13.4. The minimum atomic E-state index is -0.698. The Morgan fingerprint density at radius 1 is 1.05 bits per heavy atom. The molecular weight excluding hydrogens is 578 g/mol. The Balaban J connectivity index is 1.75. The molecule has 4 atom stereocenters. The van der Waals surface area contributed by atoms with E-state index in [-0.39, 0.29) is 41.5 Å². The Bertz CT molecular complexity index is 1230. The van der Waals surface area contributed by atoms with Crippen molar-refractivity contribution in [2.24, 2.45) is 17.8 Å². The Kier molecular flexibility index (Phi) is 13.8. The van der Waals surface area contributed by atoms with Crippen LogP contribution in [-0.4, -0.2) is 59.9 Å². The van der Waals surface area contributed by atoms with E-state index in [4.69, 9.17) is 9.47 Å². The van der Waals surface area contributed by atoms with Crippen molar-refractivity contribution in [3.8, 4) is 0 Å². The van der Waals surface area contributed by atoms with Gasteiger partial charge in [0.15, 0.2) is 6.10 Å². The predicted molar refractivity (Wildman–Crippen MR) is 171 cm³/mol. The van der Waals surface area contributed by atoms with Crippen molar-refractivity contribution in [1.82, 2.24) is 15.2 Å². The molecule has 1 aromatic heterocycles.